The van der Waals surface area contributed by atoms with E-state index in [2.05, 4.69) is 5.32 Å². The number of anilines is 1. The molecule has 6 heteroatoms. The van der Waals surface area contributed by atoms with Crippen LogP contribution in [0.25, 0.3) is 11.3 Å². The lowest BCUT2D eigenvalue weighted by Gasteiger charge is -2.26. The Balaban J connectivity index is 1.28. The highest BCUT2D eigenvalue weighted by Gasteiger charge is 2.25. The summed E-state index contributed by atoms with van der Waals surface area (Å²) < 4.78 is 19.4. The second-order valence-corrected chi connectivity index (χ2v) is 7.94. The summed E-state index contributed by atoms with van der Waals surface area (Å²) in [5.74, 6) is 0.799. The molecule has 1 aliphatic heterocycles. The minimum Gasteiger partial charge on any atom is -0.461 e. The summed E-state index contributed by atoms with van der Waals surface area (Å²) in [4.78, 5) is 26.9. The van der Waals surface area contributed by atoms with E-state index in [-0.39, 0.29) is 17.4 Å². The first kappa shape index (κ1) is 20.7. The maximum atomic E-state index is 13.3. The molecule has 5 rings (SSSR count). The standard InChI is InChI=1S/C27H21FN2O3/c28-22-8-4-7-20(15-22)26(31)29-23-11-9-18(10-12-23)25-16-21-17-30(14-13-24(21)33-25)27(32)19-5-2-1-3-6-19/h1-12,15-16H,13-14,17H2,(H,29,31). The molecule has 2 amide bonds. The predicted molar refractivity (Wildman–Crippen MR) is 123 cm³/mol. The lowest BCUT2D eigenvalue weighted by atomic mass is 10.1. The van der Waals surface area contributed by atoms with E-state index in [9.17, 15) is 14.0 Å². The van der Waals surface area contributed by atoms with Crippen molar-refractivity contribution in [3.05, 3.63) is 113 Å². The van der Waals surface area contributed by atoms with Crippen LogP contribution in [0.1, 0.15) is 32.0 Å². The van der Waals surface area contributed by atoms with Gasteiger partial charge in [0.05, 0.1) is 0 Å². The molecule has 0 saturated carbocycles. The number of amides is 2. The highest BCUT2D eigenvalue weighted by Crippen LogP contribution is 2.31. The molecule has 5 nitrogen and oxygen atoms in total. The molecule has 1 aromatic heterocycles. The molecule has 1 aliphatic rings. The highest BCUT2D eigenvalue weighted by atomic mass is 19.1. The first-order chi connectivity index (χ1) is 16.1. The number of halogens is 1. The van der Waals surface area contributed by atoms with Crippen molar-refractivity contribution in [3.63, 3.8) is 0 Å². The topological polar surface area (TPSA) is 62.6 Å². The number of carbonyl (C=O) groups is 2. The molecule has 1 N–H and O–H groups in total. The normalized spacial score (nSPS) is 12.8. The quantitative estimate of drug-likeness (QED) is 0.453. The summed E-state index contributed by atoms with van der Waals surface area (Å²) >= 11 is 0. The fourth-order valence-corrected chi connectivity index (χ4v) is 3.96. The summed E-state index contributed by atoms with van der Waals surface area (Å²) in [6.07, 6.45) is 0.662. The SMILES string of the molecule is O=C(Nc1ccc(-c2cc3c(o2)CCN(C(=O)c2ccccc2)C3)cc1)c1cccc(F)c1. The van der Waals surface area contributed by atoms with Crippen molar-refractivity contribution >= 4 is 17.5 Å². The van der Waals surface area contributed by atoms with E-state index in [4.69, 9.17) is 4.42 Å². The maximum Gasteiger partial charge on any atom is 0.255 e. The fourth-order valence-electron chi connectivity index (χ4n) is 3.96. The van der Waals surface area contributed by atoms with Gasteiger partial charge < -0.3 is 14.6 Å². The molecule has 0 fully saturated rings. The Morgan fingerprint density at radius 1 is 0.879 bits per heavy atom. The number of hydrogen-bond acceptors (Lipinski definition) is 3. The lowest BCUT2D eigenvalue weighted by Crippen LogP contribution is -2.35. The van der Waals surface area contributed by atoms with Crippen molar-refractivity contribution in [2.24, 2.45) is 0 Å². The van der Waals surface area contributed by atoms with Gasteiger partial charge in [-0.1, -0.05) is 24.3 Å². The van der Waals surface area contributed by atoms with Crippen molar-refractivity contribution in [2.45, 2.75) is 13.0 Å². The van der Waals surface area contributed by atoms with Gasteiger partial charge in [-0.3, -0.25) is 9.59 Å². The van der Waals surface area contributed by atoms with Crippen LogP contribution in [0.5, 0.6) is 0 Å². The summed E-state index contributed by atoms with van der Waals surface area (Å²) in [6, 6.07) is 24.1. The van der Waals surface area contributed by atoms with Crippen LogP contribution in [0.3, 0.4) is 0 Å². The van der Waals surface area contributed by atoms with Crippen molar-refractivity contribution in [2.75, 3.05) is 11.9 Å². The van der Waals surface area contributed by atoms with Crippen LogP contribution in [0.2, 0.25) is 0 Å². The van der Waals surface area contributed by atoms with E-state index in [1.165, 1.54) is 18.2 Å². The second kappa shape index (κ2) is 8.74. The van der Waals surface area contributed by atoms with E-state index >= 15 is 0 Å². The molecule has 0 radical (unpaired) electrons. The molecule has 0 unspecified atom stereocenters. The average Bonchev–Trinajstić information content (AvgIpc) is 3.28. The highest BCUT2D eigenvalue weighted by molar-refractivity contribution is 6.04. The molecule has 0 bridgehead atoms. The number of nitrogens with one attached hydrogen (secondary N) is 1. The summed E-state index contributed by atoms with van der Waals surface area (Å²) in [5, 5.41) is 2.77. The molecule has 3 aromatic carbocycles. The fraction of sp³-hybridized carbons (Fsp3) is 0.111. The summed E-state index contributed by atoms with van der Waals surface area (Å²) in [6.45, 7) is 1.12. The van der Waals surface area contributed by atoms with E-state index in [1.807, 2.05) is 53.4 Å². The zero-order chi connectivity index (χ0) is 22.8. The van der Waals surface area contributed by atoms with Gasteiger partial charge in [-0.25, -0.2) is 4.39 Å². The average molecular weight is 440 g/mol. The minimum absolute atomic E-state index is 0.0161. The second-order valence-electron chi connectivity index (χ2n) is 7.94. The number of furan rings is 1. The smallest absolute Gasteiger partial charge is 0.255 e. The number of nitrogens with zero attached hydrogens (tertiary/aromatic N) is 1. The number of fused-ring (bicyclic) bond motifs is 1. The van der Waals surface area contributed by atoms with Gasteiger partial charge in [-0.05, 0) is 60.7 Å². The van der Waals surface area contributed by atoms with Gasteiger partial charge in [0.1, 0.15) is 17.3 Å². The Morgan fingerprint density at radius 2 is 1.64 bits per heavy atom. The molecule has 0 atom stereocenters. The molecular formula is C27H21FN2O3. The van der Waals surface area contributed by atoms with Crippen molar-refractivity contribution in [3.8, 4) is 11.3 Å². The van der Waals surface area contributed by atoms with Crippen LogP contribution in [-0.2, 0) is 13.0 Å². The number of hydrogen-bond donors (Lipinski definition) is 1. The molecule has 2 heterocycles. The Kier molecular flexibility index (Phi) is 5.48. The van der Waals surface area contributed by atoms with Crippen LogP contribution in [0.15, 0.2) is 89.3 Å². The largest absolute Gasteiger partial charge is 0.461 e. The van der Waals surface area contributed by atoms with E-state index in [0.29, 0.717) is 30.8 Å². The maximum absolute atomic E-state index is 13.3. The molecule has 0 spiro atoms. The van der Waals surface area contributed by atoms with Gasteiger partial charge in [0.15, 0.2) is 0 Å². The third kappa shape index (κ3) is 4.41. The Morgan fingerprint density at radius 3 is 2.39 bits per heavy atom. The van der Waals surface area contributed by atoms with Gasteiger partial charge in [0, 0.05) is 47.5 Å². The predicted octanol–water partition coefficient (Wildman–Crippen LogP) is 5.54. The number of rotatable bonds is 4. The van der Waals surface area contributed by atoms with Crippen LogP contribution in [-0.4, -0.2) is 23.3 Å². The van der Waals surface area contributed by atoms with Crippen LogP contribution in [0.4, 0.5) is 10.1 Å². The van der Waals surface area contributed by atoms with Gasteiger partial charge >= 0.3 is 0 Å². The zero-order valence-electron chi connectivity index (χ0n) is 17.8. The monoisotopic (exact) mass is 440 g/mol. The van der Waals surface area contributed by atoms with Crippen molar-refractivity contribution < 1.29 is 18.4 Å². The third-order valence-electron chi connectivity index (χ3n) is 5.69. The Bertz CT molecular complexity index is 1310. The molecule has 164 valence electrons. The first-order valence-corrected chi connectivity index (χ1v) is 10.7. The Labute approximate surface area is 190 Å². The molecule has 0 saturated heterocycles. The lowest BCUT2D eigenvalue weighted by molar-refractivity contribution is 0.0730. The van der Waals surface area contributed by atoms with Crippen LogP contribution < -0.4 is 5.32 Å². The van der Waals surface area contributed by atoms with Crippen LogP contribution in [0, 0.1) is 5.82 Å². The number of carbonyl (C=O) groups excluding carboxylic acids is 2. The van der Waals surface area contributed by atoms with Gasteiger partial charge in [-0.15, -0.1) is 0 Å². The summed E-state index contributed by atoms with van der Waals surface area (Å²) in [7, 11) is 0. The van der Waals surface area contributed by atoms with Gasteiger partial charge in [-0.2, -0.15) is 0 Å². The van der Waals surface area contributed by atoms with Crippen LogP contribution >= 0.6 is 0 Å². The molecule has 33 heavy (non-hydrogen) atoms. The minimum atomic E-state index is -0.455. The third-order valence-corrected chi connectivity index (χ3v) is 5.69. The first-order valence-electron chi connectivity index (χ1n) is 10.7. The molecular weight excluding hydrogens is 419 g/mol. The Hall–Kier alpha value is -4.19. The van der Waals surface area contributed by atoms with E-state index in [0.717, 1.165) is 22.6 Å². The van der Waals surface area contributed by atoms with Gasteiger partial charge in [0.25, 0.3) is 11.8 Å². The van der Waals surface area contributed by atoms with Gasteiger partial charge in [0.2, 0.25) is 0 Å². The van der Waals surface area contributed by atoms with E-state index < -0.39 is 5.82 Å². The molecule has 4 aromatic rings. The number of benzene rings is 3. The zero-order valence-corrected chi connectivity index (χ0v) is 17.8. The van der Waals surface area contributed by atoms with E-state index in [1.54, 1.807) is 18.2 Å². The van der Waals surface area contributed by atoms with Crippen molar-refractivity contribution in [1.82, 2.24) is 4.90 Å². The summed E-state index contributed by atoms with van der Waals surface area (Å²) in [5.41, 5.74) is 3.41. The molecule has 0 aliphatic carbocycles. The van der Waals surface area contributed by atoms with Crippen molar-refractivity contribution in [1.29, 1.82) is 0 Å².